The highest BCUT2D eigenvalue weighted by atomic mass is 16.5. The first-order valence-electron chi connectivity index (χ1n) is 7.08. The Hall–Kier alpha value is -1.89. The molecule has 1 aliphatic rings. The summed E-state index contributed by atoms with van der Waals surface area (Å²) in [6, 6.07) is 1.81. The number of amides is 2. The fraction of sp³-hybridized carbons (Fsp3) is 0.643. The maximum atomic E-state index is 12.7. The van der Waals surface area contributed by atoms with Crippen LogP contribution in [0.1, 0.15) is 37.3 Å². The van der Waals surface area contributed by atoms with Crippen molar-refractivity contribution in [1.82, 2.24) is 20.0 Å². The van der Waals surface area contributed by atoms with Crippen molar-refractivity contribution in [3.05, 3.63) is 18.0 Å². The lowest BCUT2D eigenvalue weighted by Gasteiger charge is -2.39. The Morgan fingerprint density at radius 1 is 1.48 bits per heavy atom. The minimum atomic E-state index is -1.01. The number of morpholine rings is 1. The monoisotopic (exact) mass is 294 g/mol. The van der Waals surface area contributed by atoms with E-state index in [1.54, 1.807) is 35.8 Å². The van der Waals surface area contributed by atoms with E-state index in [0.29, 0.717) is 18.8 Å². The van der Waals surface area contributed by atoms with Gasteiger partial charge in [0, 0.05) is 25.8 Å². The largest absolute Gasteiger partial charge is 0.362 e. The normalized spacial score (nSPS) is 22.4. The molecule has 0 saturated carbocycles. The number of hydrogen-bond donors (Lipinski definition) is 1. The molecule has 116 valence electrons. The molecule has 0 spiro atoms. The Balaban J connectivity index is 2.20. The summed E-state index contributed by atoms with van der Waals surface area (Å²) in [6.07, 6.45) is 1.62. The number of ether oxygens (including phenoxy) is 1. The van der Waals surface area contributed by atoms with Crippen LogP contribution in [0.25, 0.3) is 0 Å². The van der Waals surface area contributed by atoms with Gasteiger partial charge in [-0.05, 0) is 26.8 Å². The summed E-state index contributed by atoms with van der Waals surface area (Å²) in [7, 11) is 1.56. The lowest BCUT2D eigenvalue weighted by Crippen LogP contribution is -2.59. The third-order valence-electron chi connectivity index (χ3n) is 3.65. The van der Waals surface area contributed by atoms with E-state index in [2.05, 4.69) is 10.4 Å². The molecule has 0 unspecified atom stereocenters. The fourth-order valence-electron chi connectivity index (χ4n) is 2.50. The SMILES string of the molecule is CNC(=O)[C@]1(C)CN(C(=O)c2ccnn2C(C)C)CCO1. The van der Waals surface area contributed by atoms with Crippen molar-refractivity contribution in [2.45, 2.75) is 32.4 Å². The van der Waals surface area contributed by atoms with Crippen LogP contribution in [0.5, 0.6) is 0 Å². The van der Waals surface area contributed by atoms with Crippen molar-refractivity contribution in [2.75, 3.05) is 26.7 Å². The smallest absolute Gasteiger partial charge is 0.272 e. The zero-order valence-electron chi connectivity index (χ0n) is 12.9. The Morgan fingerprint density at radius 3 is 2.81 bits per heavy atom. The van der Waals surface area contributed by atoms with E-state index in [0.717, 1.165) is 0 Å². The average molecular weight is 294 g/mol. The third-order valence-corrected chi connectivity index (χ3v) is 3.65. The van der Waals surface area contributed by atoms with Gasteiger partial charge in [-0.2, -0.15) is 5.10 Å². The number of rotatable bonds is 3. The molecule has 0 aromatic carbocycles. The van der Waals surface area contributed by atoms with Gasteiger partial charge in [0.1, 0.15) is 5.69 Å². The second-order valence-corrected chi connectivity index (χ2v) is 5.64. The minimum Gasteiger partial charge on any atom is -0.362 e. The van der Waals surface area contributed by atoms with E-state index in [4.69, 9.17) is 4.74 Å². The Kier molecular flexibility index (Phi) is 4.32. The first-order chi connectivity index (χ1) is 9.89. The van der Waals surface area contributed by atoms with Gasteiger partial charge >= 0.3 is 0 Å². The van der Waals surface area contributed by atoms with Crippen molar-refractivity contribution in [3.8, 4) is 0 Å². The number of carbonyl (C=O) groups is 2. The van der Waals surface area contributed by atoms with E-state index in [1.165, 1.54) is 0 Å². The standard InChI is InChI=1S/C14H22N4O3/c1-10(2)18-11(5-6-16-18)12(19)17-7-8-21-14(3,9-17)13(20)15-4/h5-6,10H,7-9H2,1-4H3,(H,15,20)/t14-/m0/s1. The van der Waals surface area contributed by atoms with E-state index >= 15 is 0 Å². The van der Waals surface area contributed by atoms with E-state index < -0.39 is 5.60 Å². The summed E-state index contributed by atoms with van der Waals surface area (Å²) in [6.45, 7) is 6.68. The van der Waals surface area contributed by atoms with Gasteiger partial charge in [-0.25, -0.2) is 0 Å². The van der Waals surface area contributed by atoms with Crippen LogP contribution in [0.4, 0.5) is 0 Å². The molecule has 0 radical (unpaired) electrons. The topological polar surface area (TPSA) is 76.5 Å². The highest BCUT2D eigenvalue weighted by Gasteiger charge is 2.40. The summed E-state index contributed by atoms with van der Waals surface area (Å²) in [5.41, 5.74) is -0.475. The average Bonchev–Trinajstić information content (AvgIpc) is 2.95. The Bertz CT molecular complexity index is 540. The van der Waals surface area contributed by atoms with Gasteiger partial charge in [0.2, 0.25) is 0 Å². The van der Waals surface area contributed by atoms with Gasteiger partial charge in [0.05, 0.1) is 13.2 Å². The lowest BCUT2D eigenvalue weighted by molar-refractivity contribution is -0.153. The summed E-state index contributed by atoms with van der Waals surface area (Å²) in [4.78, 5) is 26.2. The number of hydrogen-bond acceptors (Lipinski definition) is 4. The maximum Gasteiger partial charge on any atom is 0.272 e. The molecule has 1 aromatic rings. The molecule has 2 heterocycles. The molecule has 0 bridgehead atoms. The van der Waals surface area contributed by atoms with Crippen LogP contribution >= 0.6 is 0 Å². The van der Waals surface area contributed by atoms with Gasteiger partial charge in [-0.15, -0.1) is 0 Å². The number of nitrogens with zero attached hydrogens (tertiary/aromatic N) is 3. The molecular formula is C14H22N4O3. The number of aromatic nitrogens is 2. The predicted molar refractivity (Wildman–Crippen MR) is 76.9 cm³/mol. The van der Waals surface area contributed by atoms with Gasteiger partial charge in [0.25, 0.3) is 11.8 Å². The molecule has 7 nitrogen and oxygen atoms in total. The Morgan fingerprint density at radius 2 is 2.19 bits per heavy atom. The zero-order valence-corrected chi connectivity index (χ0v) is 12.9. The Labute approximate surface area is 124 Å². The number of nitrogens with one attached hydrogen (secondary N) is 1. The molecule has 1 atom stereocenters. The van der Waals surface area contributed by atoms with Crippen molar-refractivity contribution in [3.63, 3.8) is 0 Å². The molecule has 1 aromatic heterocycles. The van der Waals surface area contributed by atoms with Gasteiger partial charge in [-0.3, -0.25) is 14.3 Å². The first kappa shape index (κ1) is 15.5. The molecule has 7 heteroatoms. The quantitative estimate of drug-likeness (QED) is 0.877. The number of likely N-dealkylation sites (N-methyl/N-ethyl adjacent to an activating group) is 1. The molecule has 2 amide bonds. The highest BCUT2D eigenvalue weighted by Crippen LogP contribution is 2.20. The molecule has 0 aliphatic carbocycles. The van der Waals surface area contributed by atoms with Gasteiger partial charge in [-0.1, -0.05) is 0 Å². The van der Waals surface area contributed by atoms with Crippen LogP contribution in [-0.4, -0.2) is 58.8 Å². The zero-order chi connectivity index (χ0) is 15.6. The van der Waals surface area contributed by atoms with Crippen molar-refractivity contribution in [2.24, 2.45) is 0 Å². The third kappa shape index (κ3) is 2.92. The second-order valence-electron chi connectivity index (χ2n) is 5.64. The molecule has 1 N–H and O–H groups in total. The summed E-state index contributed by atoms with van der Waals surface area (Å²) < 4.78 is 7.25. The molecule has 1 aliphatic heterocycles. The lowest BCUT2D eigenvalue weighted by atomic mass is 10.0. The van der Waals surface area contributed by atoms with Crippen LogP contribution in [0, 0.1) is 0 Å². The molecule has 21 heavy (non-hydrogen) atoms. The number of carbonyl (C=O) groups excluding carboxylic acids is 2. The molecule has 1 fully saturated rings. The highest BCUT2D eigenvalue weighted by molar-refractivity contribution is 5.93. The first-order valence-corrected chi connectivity index (χ1v) is 7.08. The maximum absolute atomic E-state index is 12.7. The fourth-order valence-corrected chi connectivity index (χ4v) is 2.50. The van der Waals surface area contributed by atoms with Crippen molar-refractivity contribution < 1.29 is 14.3 Å². The minimum absolute atomic E-state index is 0.102. The van der Waals surface area contributed by atoms with Gasteiger partial charge in [0.15, 0.2) is 5.60 Å². The van der Waals surface area contributed by atoms with Crippen LogP contribution in [-0.2, 0) is 9.53 Å². The molecule has 1 saturated heterocycles. The van der Waals surface area contributed by atoms with Crippen molar-refractivity contribution >= 4 is 11.8 Å². The summed E-state index contributed by atoms with van der Waals surface area (Å²) >= 11 is 0. The molecular weight excluding hydrogens is 272 g/mol. The van der Waals surface area contributed by atoms with Gasteiger partial charge < -0.3 is 15.0 Å². The predicted octanol–water partition coefficient (Wildman–Crippen LogP) is 0.441. The van der Waals surface area contributed by atoms with Crippen LogP contribution in [0.3, 0.4) is 0 Å². The van der Waals surface area contributed by atoms with E-state index in [-0.39, 0.29) is 24.4 Å². The summed E-state index contributed by atoms with van der Waals surface area (Å²) in [5, 5.41) is 6.76. The second kappa shape index (κ2) is 5.85. The molecule has 2 rings (SSSR count). The van der Waals surface area contributed by atoms with Crippen LogP contribution in [0.15, 0.2) is 12.3 Å². The van der Waals surface area contributed by atoms with E-state index in [9.17, 15) is 9.59 Å². The van der Waals surface area contributed by atoms with E-state index in [1.807, 2.05) is 13.8 Å². The van der Waals surface area contributed by atoms with Crippen molar-refractivity contribution in [1.29, 1.82) is 0 Å². The van der Waals surface area contributed by atoms with Crippen LogP contribution in [0.2, 0.25) is 0 Å². The summed E-state index contributed by atoms with van der Waals surface area (Å²) in [5.74, 6) is -0.350. The van der Waals surface area contributed by atoms with Crippen LogP contribution < -0.4 is 5.32 Å².